The van der Waals surface area contributed by atoms with Gasteiger partial charge in [0.2, 0.25) is 0 Å². The van der Waals surface area contributed by atoms with Crippen molar-refractivity contribution in [3.05, 3.63) is 0 Å². The topological polar surface area (TPSA) is 39.7 Å². The summed E-state index contributed by atoms with van der Waals surface area (Å²) >= 11 is 6.32. The largest absolute Gasteiger partial charge is 0.382 e. The van der Waals surface area contributed by atoms with Gasteiger partial charge in [0.1, 0.15) is 0 Å². The van der Waals surface area contributed by atoms with Gasteiger partial charge in [-0.15, -0.1) is 11.6 Å². The van der Waals surface area contributed by atoms with Gasteiger partial charge in [-0.25, -0.2) is 0 Å². The molecular weight excluding hydrogens is 266 g/mol. The minimum Gasteiger partial charge on any atom is -0.382 e. The third-order valence-electron chi connectivity index (χ3n) is 3.13. The molecule has 0 aliphatic heterocycles. The Morgan fingerprint density at radius 1 is 0.947 bits per heavy atom. The molecule has 1 unspecified atom stereocenters. The van der Waals surface area contributed by atoms with Crippen molar-refractivity contribution in [3.63, 3.8) is 0 Å². The lowest BCUT2D eigenvalue weighted by atomic mass is 9.99. The first kappa shape index (κ1) is 19.1. The molecule has 0 radical (unpaired) electrons. The van der Waals surface area contributed by atoms with Crippen LogP contribution in [-0.2, 0) is 14.2 Å². The summed E-state index contributed by atoms with van der Waals surface area (Å²) in [5.74, 6) is 0.601. The zero-order valence-corrected chi connectivity index (χ0v) is 13.4. The molecule has 0 aliphatic rings. The molecule has 116 valence electrons. The van der Waals surface area contributed by atoms with E-state index in [1.54, 1.807) is 7.11 Å². The van der Waals surface area contributed by atoms with Gasteiger partial charge in [-0.3, -0.25) is 0 Å². The van der Waals surface area contributed by atoms with Crippen LogP contribution in [-0.4, -0.2) is 58.6 Å². The Hall–Kier alpha value is 0.130. The highest BCUT2D eigenvalue weighted by Gasteiger charge is 2.14. The van der Waals surface area contributed by atoms with Crippen LogP contribution < -0.4 is 5.32 Å². The Bertz CT molecular complexity index is 180. The van der Waals surface area contributed by atoms with Gasteiger partial charge in [-0.05, 0) is 5.92 Å². The van der Waals surface area contributed by atoms with Crippen molar-refractivity contribution in [2.45, 2.75) is 32.1 Å². The molecule has 0 saturated carbocycles. The van der Waals surface area contributed by atoms with Gasteiger partial charge in [-0.1, -0.05) is 26.7 Å². The minimum absolute atomic E-state index is 0.215. The van der Waals surface area contributed by atoms with E-state index >= 15 is 0 Å². The molecule has 0 spiro atoms. The van der Waals surface area contributed by atoms with Crippen LogP contribution in [0.25, 0.3) is 0 Å². The lowest BCUT2D eigenvalue weighted by molar-refractivity contribution is 0.0256. The second kappa shape index (κ2) is 14.5. The van der Waals surface area contributed by atoms with Gasteiger partial charge in [0.15, 0.2) is 0 Å². The lowest BCUT2D eigenvalue weighted by Gasteiger charge is -2.19. The third kappa shape index (κ3) is 11.6. The number of methoxy groups -OCH3 is 1. The first-order valence-corrected chi connectivity index (χ1v) is 7.69. The number of hydrogen-bond acceptors (Lipinski definition) is 4. The Labute approximate surface area is 123 Å². The summed E-state index contributed by atoms with van der Waals surface area (Å²) < 4.78 is 15.6. The highest BCUT2D eigenvalue weighted by molar-refractivity contribution is 6.21. The molecule has 0 amide bonds. The van der Waals surface area contributed by atoms with E-state index in [0.717, 1.165) is 25.9 Å². The van der Waals surface area contributed by atoms with E-state index < -0.39 is 0 Å². The Balaban J connectivity index is 3.22. The maximum atomic E-state index is 6.32. The molecule has 0 rings (SSSR count). The van der Waals surface area contributed by atoms with E-state index in [1.807, 2.05) is 0 Å². The van der Waals surface area contributed by atoms with Crippen LogP contribution in [0.5, 0.6) is 0 Å². The smallest absolute Gasteiger partial charge is 0.0701 e. The lowest BCUT2D eigenvalue weighted by Crippen LogP contribution is -2.31. The van der Waals surface area contributed by atoms with Crippen molar-refractivity contribution >= 4 is 11.6 Å². The molecule has 0 aromatic heterocycles. The van der Waals surface area contributed by atoms with Crippen molar-refractivity contribution in [3.8, 4) is 0 Å². The number of nitrogens with one attached hydrogen (secondary N) is 1. The number of alkyl halides is 1. The van der Waals surface area contributed by atoms with Crippen molar-refractivity contribution in [2.75, 3.05) is 53.2 Å². The summed E-state index contributed by atoms with van der Waals surface area (Å²) in [5, 5.41) is 3.54. The SMILES string of the molecule is CCC(CC)C(Cl)CNCCOCCOCCOC. The maximum absolute atomic E-state index is 6.32. The second-order valence-corrected chi connectivity index (χ2v) is 5.07. The molecule has 0 saturated heterocycles. The molecule has 0 aromatic carbocycles. The molecule has 5 heteroatoms. The van der Waals surface area contributed by atoms with E-state index in [1.165, 1.54) is 0 Å². The van der Waals surface area contributed by atoms with E-state index in [2.05, 4.69) is 19.2 Å². The number of halogens is 1. The summed E-state index contributed by atoms with van der Waals surface area (Å²) in [6.07, 6.45) is 2.28. The molecule has 0 aromatic rings. The Kier molecular flexibility index (Phi) is 14.6. The van der Waals surface area contributed by atoms with Crippen LogP contribution >= 0.6 is 11.6 Å². The minimum atomic E-state index is 0.215. The molecule has 1 N–H and O–H groups in total. The fourth-order valence-electron chi connectivity index (χ4n) is 1.82. The van der Waals surface area contributed by atoms with E-state index in [-0.39, 0.29) is 5.38 Å². The summed E-state index contributed by atoms with van der Waals surface area (Å²) in [6.45, 7) is 9.27. The number of rotatable bonds is 14. The van der Waals surface area contributed by atoms with E-state index in [4.69, 9.17) is 25.8 Å². The first-order valence-electron chi connectivity index (χ1n) is 7.25. The molecule has 0 aliphatic carbocycles. The van der Waals surface area contributed by atoms with Gasteiger partial charge in [-0.2, -0.15) is 0 Å². The third-order valence-corrected chi connectivity index (χ3v) is 3.64. The van der Waals surface area contributed by atoms with Crippen LogP contribution in [0.3, 0.4) is 0 Å². The van der Waals surface area contributed by atoms with Crippen LogP contribution in [0.15, 0.2) is 0 Å². The van der Waals surface area contributed by atoms with Gasteiger partial charge < -0.3 is 19.5 Å². The summed E-state index contributed by atoms with van der Waals surface area (Å²) in [5.41, 5.74) is 0. The quantitative estimate of drug-likeness (QED) is 0.394. The summed E-state index contributed by atoms with van der Waals surface area (Å²) in [7, 11) is 1.66. The molecule has 0 heterocycles. The number of ether oxygens (including phenoxy) is 3. The predicted molar refractivity (Wildman–Crippen MR) is 80.1 cm³/mol. The maximum Gasteiger partial charge on any atom is 0.0701 e. The van der Waals surface area contributed by atoms with Gasteiger partial charge in [0.05, 0.1) is 33.0 Å². The van der Waals surface area contributed by atoms with Gasteiger partial charge in [0.25, 0.3) is 0 Å². The van der Waals surface area contributed by atoms with Crippen LogP contribution in [0.4, 0.5) is 0 Å². The fourth-order valence-corrected chi connectivity index (χ4v) is 2.28. The molecule has 0 bridgehead atoms. The molecule has 19 heavy (non-hydrogen) atoms. The molecule has 4 nitrogen and oxygen atoms in total. The highest BCUT2D eigenvalue weighted by atomic mass is 35.5. The van der Waals surface area contributed by atoms with Crippen molar-refractivity contribution in [2.24, 2.45) is 5.92 Å². The zero-order valence-electron chi connectivity index (χ0n) is 12.6. The highest BCUT2D eigenvalue weighted by Crippen LogP contribution is 2.17. The van der Waals surface area contributed by atoms with Crippen LogP contribution in [0, 0.1) is 5.92 Å². The molecular formula is C14H30ClNO3. The monoisotopic (exact) mass is 295 g/mol. The second-order valence-electron chi connectivity index (χ2n) is 4.51. The first-order chi connectivity index (χ1) is 9.26. The zero-order chi connectivity index (χ0) is 14.3. The van der Waals surface area contributed by atoms with Gasteiger partial charge >= 0.3 is 0 Å². The van der Waals surface area contributed by atoms with Gasteiger partial charge in [0, 0.05) is 25.6 Å². The summed E-state index contributed by atoms with van der Waals surface area (Å²) in [4.78, 5) is 0. The van der Waals surface area contributed by atoms with Crippen molar-refractivity contribution in [1.82, 2.24) is 5.32 Å². The average molecular weight is 296 g/mol. The number of hydrogen-bond donors (Lipinski definition) is 1. The standard InChI is InChI=1S/C14H30ClNO3/c1-4-13(5-2)14(15)12-16-6-7-18-10-11-19-9-8-17-3/h13-14,16H,4-12H2,1-3H3. The fraction of sp³-hybridized carbons (Fsp3) is 1.00. The average Bonchev–Trinajstić information content (AvgIpc) is 2.42. The Morgan fingerprint density at radius 3 is 2.11 bits per heavy atom. The van der Waals surface area contributed by atoms with E-state index in [0.29, 0.717) is 39.0 Å². The van der Waals surface area contributed by atoms with E-state index in [9.17, 15) is 0 Å². The van der Waals surface area contributed by atoms with Crippen molar-refractivity contribution < 1.29 is 14.2 Å². The summed E-state index contributed by atoms with van der Waals surface area (Å²) in [6, 6.07) is 0. The van der Waals surface area contributed by atoms with Crippen LogP contribution in [0.1, 0.15) is 26.7 Å². The molecule has 0 fully saturated rings. The van der Waals surface area contributed by atoms with Crippen molar-refractivity contribution in [1.29, 1.82) is 0 Å². The predicted octanol–water partition coefficient (Wildman–Crippen LogP) is 2.30. The van der Waals surface area contributed by atoms with Crippen LogP contribution in [0.2, 0.25) is 0 Å². The molecule has 1 atom stereocenters. The Morgan fingerprint density at radius 2 is 1.53 bits per heavy atom. The normalized spacial score (nSPS) is 13.1.